The van der Waals surface area contributed by atoms with Crippen LogP contribution in [0.5, 0.6) is 0 Å². The zero-order valence-corrected chi connectivity index (χ0v) is 15.5. The highest BCUT2D eigenvalue weighted by Gasteiger charge is 2.32. The summed E-state index contributed by atoms with van der Waals surface area (Å²) in [6.07, 6.45) is 10.4. The molecule has 5 rings (SSSR count). The first-order valence-corrected chi connectivity index (χ1v) is 9.64. The second-order valence-corrected chi connectivity index (χ2v) is 7.59. The van der Waals surface area contributed by atoms with Gasteiger partial charge in [-0.1, -0.05) is 11.6 Å². The molecule has 0 unspecified atom stereocenters. The molecule has 0 aromatic carbocycles. The summed E-state index contributed by atoms with van der Waals surface area (Å²) in [5.41, 5.74) is 5.25. The predicted molar refractivity (Wildman–Crippen MR) is 103 cm³/mol. The molecule has 0 bridgehead atoms. The zero-order chi connectivity index (χ0) is 17.7. The van der Waals surface area contributed by atoms with E-state index in [4.69, 9.17) is 21.4 Å². The number of ether oxygens (including phenoxy) is 1. The molecule has 2 N–H and O–H groups in total. The largest absolute Gasteiger partial charge is 0.387 e. The van der Waals surface area contributed by atoms with Gasteiger partial charge in [-0.15, -0.1) is 0 Å². The highest BCUT2D eigenvalue weighted by molar-refractivity contribution is 6.36. The fraction of sp³-hybridized carbons (Fsp3) is 0.474. The number of hydrogen-bond acceptors (Lipinski definition) is 4. The van der Waals surface area contributed by atoms with Crippen LogP contribution in [-0.2, 0) is 4.74 Å². The Morgan fingerprint density at radius 2 is 2.04 bits per heavy atom. The maximum absolute atomic E-state index is 6.41. The maximum atomic E-state index is 6.41. The topological polar surface area (TPSA) is 67.8 Å². The van der Waals surface area contributed by atoms with Crippen LogP contribution in [-0.4, -0.2) is 40.0 Å². The highest BCUT2D eigenvalue weighted by atomic mass is 35.5. The summed E-state index contributed by atoms with van der Waals surface area (Å²) in [7, 11) is 1.93. The van der Waals surface area contributed by atoms with Crippen LogP contribution in [0.2, 0.25) is 5.02 Å². The van der Waals surface area contributed by atoms with Crippen LogP contribution < -0.4 is 5.32 Å². The van der Waals surface area contributed by atoms with E-state index < -0.39 is 0 Å². The number of nitrogens with zero attached hydrogens (tertiary/aromatic N) is 3. The second-order valence-electron chi connectivity index (χ2n) is 7.18. The first kappa shape index (κ1) is 16.1. The van der Waals surface area contributed by atoms with Crippen molar-refractivity contribution in [2.24, 2.45) is 0 Å². The highest BCUT2D eigenvalue weighted by Crippen LogP contribution is 2.46. The Balaban J connectivity index is 1.66. The standard InChI is InChI=1S/C19H22ClN5O/c1-21-18-13(8-22-19-16(18)15(20)9-23-19)14-10-25(12-4-6-26-7-5-12)24-17(14)11-2-3-11/h8-12H,2-7H2,1H3,(H2,21,22,23). The minimum atomic E-state index is 0.417. The van der Waals surface area contributed by atoms with E-state index in [-0.39, 0.29) is 0 Å². The fourth-order valence-electron chi connectivity index (χ4n) is 3.93. The number of H-pyrrole nitrogens is 1. The van der Waals surface area contributed by atoms with Crippen LogP contribution in [0.4, 0.5) is 5.69 Å². The van der Waals surface area contributed by atoms with Crippen LogP contribution in [0.3, 0.4) is 0 Å². The summed E-state index contributed by atoms with van der Waals surface area (Å²) in [5, 5.41) is 9.96. The van der Waals surface area contributed by atoms with Crippen molar-refractivity contribution < 1.29 is 4.74 Å². The Hall–Kier alpha value is -2.05. The average molecular weight is 372 g/mol. The predicted octanol–water partition coefficient (Wildman–Crippen LogP) is 4.35. The Labute approximate surface area is 156 Å². The summed E-state index contributed by atoms with van der Waals surface area (Å²) < 4.78 is 7.67. The van der Waals surface area contributed by atoms with E-state index in [9.17, 15) is 0 Å². The molecule has 4 heterocycles. The average Bonchev–Trinajstić information content (AvgIpc) is 3.33. The Morgan fingerprint density at radius 3 is 2.77 bits per heavy atom. The first-order chi connectivity index (χ1) is 12.8. The Bertz CT molecular complexity index is 952. The van der Waals surface area contributed by atoms with Crippen LogP contribution >= 0.6 is 11.6 Å². The molecule has 0 spiro atoms. The van der Waals surface area contributed by atoms with Gasteiger partial charge in [-0.05, 0) is 25.7 Å². The van der Waals surface area contributed by atoms with Crippen molar-refractivity contribution in [3.63, 3.8) is 0 Å². The van der Waals surface area contributed by atoms with E-state index in [1.165, 1.54) is 24.1 Å². The van der Waals surface area contributed by atoms with Crippen molar-refractivity contribution in [1.29, 1.82) is 0 Å². The van der Waals surface area contributed by atoms with E-state index in [2.05, 4.69) is 26.2 Å². The number of pyridine rings is 1. The molecule has 1 saturated carbocycles. The molecule has 0 amide bonds. The molecule has 3 aromatic rings. The molecule has 136 valence electrons. The SMILES string of the molecule is CNc1c(-c2cn(C3CCOCC3)nc2C2CC2)cnc2[nH]cc(Cl)c12. The lowest BCUT2D eigenvalue weighted by Crippen LogP contribution is -2.20. The molecule has 2 aliphatic rings. The number of aromatic nitrogens is 4. The molecular weight excluding hydrogens is 350 g/mol. The second kappa shape index (κ2) is 6.28. The minimum absolute atomic E-state index is 0.417. The Kier molecular flexibility index (Phi) is 3.90. The molecule has 1 aliphatic heterocycles. The fourth-order valence-corrected chi connectivity index (χ4v) is 4.17. The van der Waals surface area contributed by atoms with E-state index in [1.807, 2.05) is 13.2 Å². The monoisotopic (exact) mass is 371 g/mol. The summed E-state index contributed by atoms with van der Waals surface area (Å²) in [6.45, 7) is 1.62. The zero-order valence-electron chi connectivity index (χ0n) is 14.8. The smallest absolute Gasteiger partial charge is 0.140 e. The van der Waals surface area contributed by atoms with Gasteiger partial charge in [0.15, 0.2) is 0 Å². The summed E-state index contributed by atoms with van der Waals surface area (Å²) in [5.74, 6) is 0.563. The van der Waals surface area contributed by atoms with Gasteiger partial charge in [0.1, 0.15) is 5.65 Å². The Morgan fingerprint density at radius 1 is 1.23 bits per heavy atom. The van der Waals surface area contributed by atoms with Gasteiger partial charge in [-0.2, -0.15) is 5.10 Å². The lowest BCUT2D eigenvalue weighted by Gasteiger charge is -2.22. The van der Waals surface area contributed by atoms with E-state index in [0.29, 0.717) is 17.0 Å². The van der Waals surface area contributed by atoms with Gasteiger partial charge < -0.3 is 15.0 Å². The molecule has 0 radical (unpaired) electrons. The quantitative estimate of drug-likeness (QED) is 0.715. The molecule has 0 atom stereocenters. The van der Waals surface area contributed by atoms with Gasteiger partial charge in [0.2, 0.25) is 0 Å². The van der Waals surface area contributed by atoms with Crippen molar-refractivity contribution >= 4 is 28.3 Å². The molecule has 7 heteroatoms. The van der Waals surface area contributed by atoms with E-state index >= 15 is 0 Å². The molecular formula is C19H22ClN5O. The first-order valence-electron chi connectivity index (χ1n) is 9.26. The van der Waals surface area contributed by atoms with Gasteiger partial charge in [0.25, 0.3) is 0 Å². The van der Waals surface area contributed by atoms with Crippen molar-refractivity contribution in [1.82, 2.24) is 19.7 Å². The lowest BCUT2D eigenvalue weighted by molar-refractivity contribution is 0.0661. The van der Waals surface area contributed by atoms with Crippen LogP contribution in [0.15, 0.2) is 18.6 Å². The molecule has 1 aliphatic carbocycles. The van der Waals surface area contributed by atoms with Gasteiger partial charge in [-0.3, -0.25) is 4.68 Å². The van der Waals surface area contributed by atoms with Gasteiger partial charge in [0, 0.05) is 55.9 Å². The van der Waals surface area contributed by atoms with Crippen molar-refractivity contribution in [2.75, 3.05) is 25.6 Å². The molecule has 26 heavy (non-hydrogen) atoms. The molecule has 1 saturated heterocycles. The number of halogens is 1. The maximum Gasteiger partial charge on any atom is 0.140 e. The summed E-state index contributed by atoms with van der Waals surface area (Å²) in [6, 6.07) is 0.417. The lowest BCUT2D eigenvalue weighted by atomic mass is 10.0. The van der Waals surface area contributed by atoms with Gasteiger partial charge in [0.05, 0.1) is 27.8 Å². The summed E-state index contributed by atoms with van der Waals surface area (Å²) >= 11 is 6.41. The normalized spacial score (nSPS) is 18.5. The molecule has 2 fully saturated rings. The third-order valence-corrected chi connectivity index (χ3v) is 5.78. The number of rotatable bonds is 4. The van der Waals surface area contributed by atoms with Crippen molar-refractivity contribution in [3.05, 3.63) is 29.3 Å². The molecule has 6 nitrogen and oxygen atoms in total. The van der Waals surface area contributed by atoms with Crippen LogP contribution in [0.25, 0.3) is 22.2 Å². The van der Waals surface area contributed by atoms with Crippen molar-refractivity contribution in [2.45, 2.75) is 37.6 Å². The third kappa shape index (κ3) is 2.59. The van der Waals surface area contributed by atoms with E-state index in [0.717, 1.165) is 48.3 Å². The van der Waals surface area contributed by atoms with Crippen LogP contribution in [0.1, 0.15) is 43.3 Å². The van der Waals surface area contributed by atoms with E-state index in [1.54, 1.807) is 6.20 Å². The number of nitrogens with one attached hydrogen (secondary N) is 2. The van der Waals surface area contributed by atoms with Gasteiger partial charge in [-0.25, -0.2) is 4.98 Å². The number of hydrogen-bond donors (Lipinski definition) is 2. The van der Waals surface area contributed by atoms with Crippen LogP contribution in [0, 0.1) is 0 Å². The third-order valence-electron chi connectivity index (χ3n) is 5.48. The molecule has 3 aromatic heterocycles. The summed E-state index contributed by atoms with van der Waals surface area (Å²) in [4.78, 5) is 7.72. The van der Waals surface area contributed by atoms with Gasteiger partial charge >= 0.3 is 0 Å². The number of fused-ring (bicyclic) bond motifs is 1. The van der Waals surface area contributed by atoms with Crippen molar-refractivity contribution in [3.8, 4) is 11.1 Å². The minimum Gasteiger partial charge on any atom is -0.387 e. The number of anilines is 1. The number of aromatic amines is 1.